The molecule has 1 atom stereocenters. The molecule has 96 valence electrons. The smallest absolute Gasteiger partial charge is 0.408 e. The molecule has 0 radical (unpaired) electrons. The fourth-order valence-corrected chi connectivity index (χ4v) is 1.83. The second-order valence-electron chi connectivity index (χ2n) is 4.15. The molecule has 0 saturated heterocycles. The highest BCUT2D eigenvalue weighted by atomic mass is 16.4. The molecule has 2 aromatic rings. The van der Waals surface area contributed by atoms with E-state index >= 15 is 0 Å². The van der Waals surface area contributed by atoms with Crippen LogP contribution in [-0.2, 0) is 18.3 Å². The Balaban J connectivity index is 2.33. The number of aromatic nitrogens is 1. The van der Waals surface area contributed by atoms with Crippen molar-refractivity contribution in [2.24, 2.45) is 12.8 Å². The lowest BCUT2D eigenvalue weighted by Crippen LogP contribution is -2.40. The highest BCUT2D eigenvalue weighted by Gasteiger charge is 2.13. The predicted octanol–water partition coefficient (Wildman–Crippen LogP) is -0.253. The van der Waals surface area contributed by atoms with Gasteiger partial charge in [-0.3, -0.25) is 9.36 Å². The number of benzene rings is 1. The maximum absolute atomic E-state index is 11.3. The van der Waals surface area contributed by atoms with Crippen LogP contribution in [0.2, 0.25) is 0 Å². The second-order valence-corrected chi connectivity index (χ2v) is 4.15. The third kappa shape index (κ3) is 2.14. The van der Waals surface area contributed by atoms with Crippen molar-refractivity contribution >= 4 is 17.0 Å². The van der Waals surface area contributed by atoms with Gasteiger partial charge in [-0.2, -0.15) is 0 Å². The van der Waals surface area contributed by atoms with Gasteiger partial charge in [-0.25, -0.2) is 4.79 Å². The normalized spacial score (nSPS) is 12.6. The Hall–Kier alpha value is -2.08. The van der Waals surface area contributed by atoms with Gasteiger partial charge in [0.25, 0.3) is 0 Å². The van der Waals surface area contributed by atoms with Crippen LogP contribution in [0.3, 0.4) is 0 Å². The first-order chi connectivity index (χ1) is 8.52. The molecule has 6 heteroatoms. The van der Waals surface area contributed by atoms with Crippen molar-refractivity contribution < 1.29 is 9.21 Å². The number of likely N-dealkylation sites (N-methyl/N-ethyl adjacent to an activating group) is 1. The van der Waals surface area contributed by atoms with E-state index in [1.807, 2.05) is 6.07 Å². The molecule has 1 unspecified atom stereocenters. The van der Waals surface area contributed by atoms with E-state index in [2.05, 4.69) is 5.32 Å². The lowest BCUT2D eigenvalue weighted by molar-refractivity contribution is -0.121. The van der Waals surface area contributed by atoms with Crippen LogP contribution in [0, 0.1) is 0 Å². The average molecular weight is 249 g/mol. The molecule has 1 aromatic carbocycles. The molecule has 0 spiro atoms. The van der Waals surface area contributed by atoms with Gasteiger partial charge in [0.2, 0.25) is 5.91 Å². The van der Waals surface area contributed by atoms with E-state index in [0.717, 1.165) is 5.56 Å². The minimum absolute atomic E-state index is 0.212. The summed E-state index contributed by atoms with van der Waals surface area (Å²) in [6.45, 7) is 0. The van der Waals surface area contributed by atoms with Crippen molar-refractivity contribution in [3.05, 3.63) is 34.3 Å². The quantitative estimate of drug-likeness (QED) is 0.784. The van der Waals surface area contributed by atoms with Crippen molar-refractivity contribution in [1.82, 2.24) is 9.88 Å². The molecule has 1 heterocycles. The number of nitrogens with two attached hydrogens (primary N) is 1. The van der Waals surface area contributed by atoms with E-state index in [4.69, 9.17) is 10.2 Å². The van der Waals surface area contributed by atoms with Crippen LogP contribution < -0.4 is 16.8 Å². The Morgan fingerprint density at radius 2 is 2.28 bits per heavy atom. The van der Waals surface area contributed by atoms with Crippen LogP contribution in [-0.4, -0.2) is 23.6 Å². The number of nitrogens with zero attached hydrogens (tertiary/aromatic N) is 1. The first kappa shape index (κ1) is 12.4. The minimum Gasteiger partial charge on any atom is -0.408 e. The fourth-order valence-electron chi connectivity index (χ4n) is 1.83. The van der Waals surface area contributed by atoms with Crippen molar-refractivity contribution in [1.29, 1.82) is 0 Å². The second kappa shape index (κ2) is 4.66. The van der Waals surface area contributed by atoms with Crippen LogP contribution in [0.15, 0.2) is 27.4 Å². The van der Waals surface area contributed by atoms with Gasteiger partial charge in [-0.05, 0) is 24.1 Å². The number of nitrogens with one attached hydrogen (secondary N) is 1. The van der Waals surface area contributed by atoms with E-state index in [1.165, 1.54) is 4.57 Å². The van der Waals surface area contributed by atoms with E-state index in [0.29, 0.717) is 17.5 Å². The van der Waals surface area contributed by atoms with Gasteiger partial charge in [-0.15, -0.1) is 0 Å². The van der Waals surface area contributed by atoms with Crippen molar-refractivity contribution in [3.8, 4) is 0 Å². The topological polar surface area (TPSA) is 90.3 Å². The SMILES string of the molecule is CNC(=O)C(N)Cc1ccc2oc(=O)n(C)c2c1. The standard InChI is InChI=1S/C12H15N3O3/c1-14-11(16)8(13)5-7-3-4-10-9(6-7)15(2)12(17)18-10/h3-4,6,8H,5,13H2,1-2H3,(H,14,16). The average Bonchev–Trinajstić information content (AvgIpc) is 2.64. The van der Waals surface area contributed by atoms with E-state index in [-0.39, 0.29) is 5.91 Å². The molecule has 3 N–H and O–H groups in total. The molecule has 2 rings (SSSR count). The van der Waals surface area contributed by atoms with Gasteiger partial charge in [0.05, 0.1) is 11.6 Å². The number of hydrogen-bond donors (Lipinski definition) is 2. The molecule has 6 nitrogen and oxygen atoms in total. The van der Waals surface area contributed by atoms with Gasteiger partial charge < -0.3 is 15.5 Å². The molecule has 0 saturated carbocycles. The van der Waals surface area contributed by atoms with Gasteiger partial charge in [0.1, 0.15) is 0 Å². The number of carbonyl (C=O) groups excluding carboxylic acids is 1. The number of rotatable bonds is 3. The Bertz CT molecular complexity index is 642. The lowest BCUT2D eigenvalue weighted by Gasteiger charge is -2.09. The zero-order valence-corrected chi connectivity index (χ0v) is 10.3. The Morgan fingerprint density at radius 1 is 1.56 bits per heavy atom. The number of hydrogen-bond acceptors (Lipinski definition) is 4. The predicted molar refractivity (Wildman–Crippen MR) is 67.2 cm³/mol. The van der Waals surface area contributed by atoms with Crippen molar-refractivity contribution in [2.75, 3.05) is 7.05 Å². The maximum atomic E-state index is 11.3. The first-order valence-corrected chi connectivity index (χ1v) is 5.58. The Kier molecular flexibility index (Phi) is 3.20. The third-order valence-corrected chi connectivity index (χ3v) is 2.89. The highest BCUT2D eigenvalue weighted by molar-refractivity contribution is 5.81. The van der Waals surface area contributed by atoms with Crippen molar-refractivity contribution in [2.45, 2.75) is 12.5 Å². The molecular formula is C12H15N3O3. The molecule has 0 fully saturated rings. The molecule has 18 heavy (non-hydrogen) atoms. The molecule has 0 bridgehead atoms. The van der Waals surface area contributed by atoms with Crippen LogP contribution >= 0.6 is 0 Å². The van der Waals surface area contributed by atoms with Gasteiger partial charge in [0, 0.05) is 14.1 Å². The number of carbonyl (C=O) groups is 1. The summed E-state index contributed by atoms with van der Waals surface area (Å²) in [4.78, 5) is 22.7. The number of aryl methyl sites for hydroxylation is 1. The van der Waals surface area contributed by atoms with Crippen molar-refractivity contribution in [3.63, 3.8) is 0 Å². The Labute approximate surface area is 103 Å². The third-order valence-electron chi connectivity index (χ3n) is 2.89. The summed E-state index contributed by atoms with van der Waals surface area (Å²) in [7, 11) is 3.18. The summed E-state index contributed by atoms with van der Waals surface area (Å²) in [5.74, 6) is -0.617. The summed E-state index contributed by atoms with van der Waals surface area (Å²) in [5.41, 5.74) is 7.85. The monoisotopic (exact) mass is 249 g/mol. The summed E-state index contributed by atoms with van der Waals surface area (Å²) < 4.78 is 6.45. The minimum atomic E-state index is -0.601. The fraction of sp³-hybridized carbons (Fsp3) is 0.333. The maximum Gasteiger partial charge on any atom is 0.419 e. The largest absolute Gasteiger partial charge is 0.419 e. The number of fused-ring (bicyclic) bond motifs is 1. The van der Waals surface area contributed by atoms with Gasteiger partial charge in [0.15, 0.2) is 5.58 Å². The molecule has 0 aliphatic rings. The van der Waals surface area contributed by atoms with E-state index < -0.39 is 11.8 Å². The van der Waals surface area contributed by atoms with Crippen LogP contribution in [0.1, 0.15) is 5.56 Å². The summed E-state index contributed by atoms with van der Waals surface area (Å²) in [6.07, 6.45) is 0.412. The lowest BCUT2D eigenvalue weighted by atomic mass is 10.1. The highest BCUT2D eigenvalue weighted by Crippen LogP contribution is 2.15. The zero-order valence-electron chi connectivity index (χ0n) is 10.3. The van der Waals surface area contributed by atoms with Crippen LogP contribution in [0.5, 0.6) is 0 Å². The summed E-state index contributed by atoms with van der Waals surface area (Å²) >= 11 is 0. The molecule has 1 amide bonds. The summed E-state index contributed by atoms with van der Waals surface area (Å²) in [5, 5.41) is 2.50. The first-order valence-electron chi connectivity index (χ1n) is 5.58. The van der Waals surface area contributed by atoms with Gasteiger partial charge >= 0.3 is 5.76 Å². The number of amides is 1. The molecule has 0 aliphatic carbocycles. The van der Waals surface area contributed by atoms with Gasteiger partial charge in [-0.1, -0.05) is 6.07 Å². The molecule has 1 aromatic heterocycles. The zero-order chi connectivity index (χ0) is 13.3. The Morgan fingerprint density at radius 3 is 2.94 bits per heavy atom. The molecule has 0 aliphatic heterocycles. The van der Waals surface area contributed by atoms with Crippen LogP contribution in [0.25, 0.3) is 11.1 Å². The van der Waals surface area contributed by atoms with E-state index in [9.17, 15) is 9.59 Å². The van der Waals surface area contributed by atoms with E-state index in [1.54, 1.807) is 26.2 Å². The summed E-state index contributed by atoms with van der Waals surface area (Å²) in [6, 6.07) is 4.72. The van der Waals surface area contributed by atoms with Crippen LogP contribution in [0.4, 0.5) is 0 Å². The number of oxazole rings is 1. The molecular weight excluding hydrogens is 234 g/mol.